The Morgan fingerprint density at radius 1 is 0.880 bits per heavy atom. The van der Waals surface area contributed by atoms with Gasteiger partial charge in [0.05, 0.1) is 16.6 Å². The Morgan fingerprint density at radius 2 is 1.60 bits per heavy atom. The minimum atomic E-state index is -0.911. The molecule has 2 aromatic carbocycles. The lowest BCUT2D eigenvalue weighted by molar-refractivity contribution is -0.136. The molecule has 0 heterocycles. The molecule has 0 saturated heterocycles. The van der Waals surface area contributed by atoms with Crippen molar-refractivity contribution in [2.24, 2.45) is 0 Å². The molecule has 25 heavy (non-hydrogen) atoms. The fourth-order valence-electron chi connectivity index (χ4n) is 1.93. The van der Waals surface area contributed by atoms with Gasteiger partial charge in [-0.05, 0) is 42.8 Å². The molecule has 0 fully saturated rings. The highest BCUT2D eigenvalue weighted by Crippen LogP contribution is 2.24. The van der Waals surface area contributed by atoms with Crippen LogP contribution in [0.2, 0.25) is 10.0 Å². The number of rotatable bonds is 4. The van der Waals surface area contributed by atoms with E-state index >= 15 is 0 Å². The minimum Gasteiger partial charge on any atom is -0.339 e. The normalized spacial score (nSPS) is 10.0. The standard InChI is InChI=1S/C17H15Cl2N3O3/c1-10-3-2-4-11(7-10)22-17(25)16(24)20-9-15(23)21-12-5-6-13(18)14(19)8-12/h2-8H,9H2,1H3,(H,20,24)(H,21,23)(H,22,25). The summed E-state index contributed by atoms with van der Waals surface area (Å²) in [5, 5.41) is 7.88. The van der Waals surface area contributed by atoms with Gasteiger partial charge in [0.15, 0.2) is 0 Å². The first kappa shape index (κ1) is 18.8. The highest BCUT2D eigenvalue weighted by molar-refractivity contribution is 6.42. The SMILES string of the molecule is Cc1cccc(NC(=O)C(=O)NCC(=O)Nc2ccc(Cl)c(Cl)c2)c1. The number of benzene rings is 2. The third kappa shape index (κ3) is 5.77. The maximum absolute atomic E-state index is 11.8. The van der Waals surface area contributed by atoms with Gasteiger partial charge in [-0.25, -0.2) is 0 Å². The van der Waals surface area contributed by atoms with Crippen molar-refractivity contribution in [3.8, 4) is 0 Å². The van der Waals surface area contributed by atoms with Gasteiger partial charge in [0.1, 0.15) is 0 Å². The van der Waals surface area contributed by atoms with Gasteiger partial charge in [0.2, 0.25) is 5.91 Å². The monoisotopic (exact) mass is 379 g/mol. The van der Waals surface area contributed by atoms with Crippen molar-refractivity contribution in [3.05, 3.63) is 58.1 Å². The smallest absolute Gasteiger partial charge is 0.313 e. The molecule has 2 rings (SSSR count). The average Bonchev–Trinajstić information content (AvgIpc) is 2.56. The molecule has 130 valence electrons. The lowest BCUT2D eigenvalue weighted by Gasteiger charge is -2.08. The van der Waals surface area contributed by atoms with Crippen molar-refractivity contribution in [1.82, 2.24) is 5.32 Å². The molecule has 3 N–H and O–H groups in total. The molecular formula is C17H15Cl2N3O3. The Balaban J connectivity index is 1.83. The molecule has 2 aromatic rings. The Bertz CT molecular complexity index is 825. The Labute approximate surface area is 154 Å². The predicted molar refractivity (Wildman–Crippen MR) is 97.9 cm³/mol. The highest BCUT2D eigenvalue weighted by atomic mass is 35.5. The van der Waals surface area contributed by atoms with Gasteiger partial charge >= 0.3 is 11.8 Å². The maximum atomic E-state index is 11.8. The largest absolute Gasteiger partial charge is 0.339 e. The van der Waals surface area contributed by atoms with E-state index in [1.807, 2.05) is 13.0 Å². The summed E-state index contributed by atoms with van der Waals surface area (Å²) in [5.41, 5.74) is 1.87. The summed E-state index contributed by atoms with van der Waals surface area (Å²) >= 11 is 11.6. The summed E-state index contributed by atoms with van der Waals surface area (Å²) in [6.45, 7) is 1.50. The van der Waals surface area contributed by atoms with Crippen LogP contribution in [0.5, 0.6) is 0 Å². The Kier molecular flexibility index (Phi) is 6.38. The first-order valence-corrected chi connectivity index (χ1v) is 8.01. The zero-order valence-electron chi connectivity index (χ0n) is 13.2. The zero-order chi connectivity index (χ0) is 18.4. The number of nitrogens with one attached hydrogen (secondary N) is 3. The van der Waals surface area contributed by atoms with Crippen LogP contribution in [-0.4, -0.2) is 24.3 Å². The summed E-state index contributed by atoms with van der Waals surface area (Å²) < 4.78 is 0. The van der Waals surface area contributed by atoms with Crippen LogP contribution in [0, 0.1) is 6.92 Å². The summed E-state index contributed by atoms with van der Waals surface area (Å²) in [4.78, 5) is 35.3. The lowest BCUT2D eigenvalue weighted by Crippen LogP contribution is -2.39. The van der Waals surface area contributed by atoms with Crippen LogP contribution in [0.15, 0.2) is 42.5 Å². The van der Waals surface area contributed by atoms with Crippen molar-refractivity contribution < 1.29 is 14.4 Å². The van der Waals surface area contributed by atoms with Gasteiger partial charge in [-0.1, -0.05) is 35.3 Å². The first-order valence-electron chi connectivity index (χ1n) is 7.26. The van der Waals surface area contributed by atoms with Gasteiger partial charge in [-0.15, -0.1) is 0 Å². The number of hydrogen-bond acceptors (Lipinski definition) is 3. The van der Waals surface area contributed by atoms with Crippen molar-refractivity contribution in [3.63, 3.8) is 0 Å². The maximum Gasteiger partial charge on any atom is 0.313 e. The van der Waals surface area contributed by atoms with Crippen LogP contribution in [0.1, 0.15) is 5.56 Å². The predicted octanol–water partition coefficient (Wildman–Crippen LogP) is 3.00. The van der Waals surface area contributed by atoms with E-state index in [0.29, 0.717) is 21.4 Å². The van der Waals surface area contributed by atoms with E-state index in [-0.39, 0.29) is 6.54 Å². The molecule has 6 nitrogen and oxygen atoms in total. The van der Waals surface area contributed by atoms with Crippen molar-refractivity contribution in [2.75, 3.05) is 17.2 Å². The molecule has 0 aromatic heterocycles. The minimum absolute atomic E-state index is 0.293. The van der Waals surface area contributed by atoms with Gasteiger partial charge < -0.3 is 16.0 Å². The van der Waals surface area contributed by atoms with Crippen LogP contribution in [0.3, 0.4) is 0 Å². The number of halogens is 2. The number of carbonyl (C=O) groups excluding carboxylic acids is 3. The fraction of sp³-hybridized carbons (Fsp3) is 0.118. The molecular weight excluding hydrogens is 365 g/mol. The summed E-state index contributed by atoms with van der Waals surface area (Å²) in [5.74, 6) is -2.27. The van der Waals surface area contributed by atoms with Gasteiger partial charge in [-0.2, -0.15) is 0 Å². The second-order valence-electron chi connectivity index (χ2n) is 5.18. The van der Waals surface area contributed by atoms with E-state index in [0.717, 1.165) is 5.56 Å². The van der Waals surface area contributed by atoms with E-state index in [9.17, 15) is 14.4 Å². The van der Waals surface area contributed by atoms with Gasteiger partial charge in [-0.3, -0.25) is 14.4 Å². The number of hydrogen-bond donors (Lipinski definition) is 3. The highest BCUT2D eigenvalue weighted by Gasteiger charge is 2.15. The summed E-state index contributed by atoms with van der Waals surface area (Å²) in [7, 11) is 0. The van der Waals surface area contributed by atoms with E-state index in [4.69, 9.17) is 23.2 Å². The van der Waals surface area contributed by atoms with E-state index in [1.54, 1.807) is 24.3 Å². The molecule has 0 saturated carbocycles. The van der Waals surface area contributed by atoms with Crippen LogP contribution in [0.25, 0.3) is 0 Å². The quantitative estimate of drug-likeness (QED) is 0.713. The zero-order valence-corrected chi connectivity index (χ0v) is 14.7. The summed E-state index contributed by atoms with van der Waals surface area (Å²) in [6.07, 6.45) is 0. The molecule has 0 radical (unpaired) electrons. The van der Waals surface area contributed by atoms with Crippen LogP contribution in [-0.2, 0) is 14.4 Å². The average molecular weight is 380 g/mol. The molecule has 0 atom stereocenters. The Hall–Kier alpha value is -2.57. The third-order valence-electron chi connectivity index (χ3n) is 3.10. The first-order chi connectivity index (χ1) is 11.8. The molecule has 0 spiro atoms. The van der Waals surface area contributed by atoms with E-state index < -0.39 is 17.7 Å². The van der Waals surface area contributed by atoms with Crippen LogP contribution >= 0.6 is 23.2 Å². The summed E-state index contributed by atoms with van der Waals surface area (Å²) in [6, 6.07) is 11.6. The molecule has 0 aliphatic carbocycles. The number of amides is 3. The molecule has 0 bridgehead atoms. The second kappa shape index (κ2) is 8.50. The topological polar surface area (TPSA) is 87.3 Å². The van der Waals surface area contributed by atoms with Crippen molar-refractivity contribution in [1.29, 1.82) is 0 Å². The van der Waals surface area contributed by atoms with E-state index in [2.05, 4.69) is 16.0 Å². The van der Waals surface area contributed by atoms with Crippen LogP contribution in [0.4, 0.5) is 11.4 Å². The van der Waals surface area contributed by atoms with Gasteiger partial charge in [0, 0.05) is 11.4 Å². The Morgan fingerprint density at radius 3 is 2.28 bits per heavy atom. The molecule has 8 heteroatoms. The van der Waals surface area contributed by atoms with Gasteiger partial charge in [0.25, 0.3) is 0 Å². The molecule has 0 aliphatic heterocycles. The van der Waals surface area contributed by atoms with Crippen LogP contribution < -0.4 is 16.0 Å². The number of anilines is 2. The van der Waals surface area contributed by atoms with Crippen molar-refractivity contribution >= 4 is 52.3 Å². The lowest BCUT2D eigenvalue weighted by atomic mass is 10.2. The number of aryl methyl sites for hydroxylation is 1. The second-order valence-corrected chi connectivity index (χ2v) is 6.00. The molecule has 0 unspecified atom stereocenters. The molecule has 3 amide bonds. The third-order valence-corrected chi connectivity index (χ3v) is 3.83. The van der Waals surface area contributed by atoms with E-state index in [1.165, 1.54) is 12.1 Å². The molecule has 0 aliphatic rings. The van der Waals surface area contributed by atoms with Crippen molar-refractivity contribution in [2.45, 2.75) is 6.92 Å². The number of carbonyl (C=O) groups is 3. The fourth-order valence-corrected chi connectivity index (χ4v) is 2.23.